The Hall–Kier alpha value is -2.17. The largest absolute Gasteiger partial charge is 0.508 e. The van der Waals surface area contributed by atoms with Crippen LogP contribution >= 0.6 is 0 Å². The molecule has 20 heavy (non-hydrogen) atoms. The molecule has 2 aromatic rings. The van der Waals surface area contributed by atoms with Gasteiger partial charge in [-0.2, -0.15) is 0 Å². The third kappa shape index (κ3) is 2.71. The second-order valence-corrected chi connectivity index (χ2v) is 4.63. The fraction of sp³-hybridized carbons (Fsp3) is 0.200. The molecule has 1 unspecified atom stereocenters. The van der Waals surface area contributed by atoms with Crippen LogP contribution in [-0.4, -0.2) is 5.11 Å². The molecule has 0 heterocycles. The Morgan fingerprint density at radius 2 is 1.75 bits per heavy atom. The first-order chi connectivity index (χ1) is 9.40. The number of aryl methyl sites for hydroxylation is 1. The molecule has 0 saturated heterocycles. The van der Waals surface area contributed by atoms with Gasteiger partial charge in [0.05, 0.1) is 6.04 Å². The van der Waals surface area contributed by atoms with E-state index < -0.39 is 23.5 Å². The van der Waals surface area contributed by atoms with Crippen LogP contribution in [0.1, 0.15) is 24.1 Å². The minimum Gasteiger partial charge on any atom is -0.508 e. The first-order valence-electron chi connectivity index (χ1n) is 6.09. The van der Waals surface area contributed by atoms with Crippen LogP contribution in [0.3, 0.4) is 0 Å². The van der Waals surface area contributed by atoms with Crippen molar-refractivity contribution < 1.29 is 18.3 Å². The van der Waals surface area contributed by atoms with E-state index in [4.69, 9.17) is 5.11 Å². The van der Waals surface area contributed by atoms with Gasteiger partial charge in [0.2, 0.25) is 0 Å². The summed E-state index contributed by atoms with van der Waals surface area (Å²) in [6, 6.07) is 5.48. The minimum atomic E-state index is -0.737. The second-order valence-electron chi connectivity index (χ2n) is 4.63. The molecule has 0 spiro atoms. The summed E-state index contributed by atoms with van der Waals surface area (Å²) in [6.07, 6.45) is 0. The number of phenolic OH excluding ortho intramolecular Hbond substituents is 1. The summed E-state index contributed by atoms with van der Waals surface area (Å²) in [6.45, 7) is 3.10. The van der Waals surface area contributed by atoms with Gasteiger partial charge in [0.1, 0.15) is 23.1 Å². The number of aromatic hydroxyl groups is 1. The molecule has 2 rings (SSSR count). The van der Waals surface area contributed by atoms with E-state index in [1.165, 1.54) is 25.1 Å². The molecule has 0 aliphatic heterocycles. The predicted molar refractivity (Wildman–Crippen MR) is 71.2 cm³/mol. The Bertz CT molecular complexity index is 643. The monoisotopic (exact) mass is 281 g/mol. The van der Waals surface area contributed by atoms with E-state index in [9.17, 15) is 13.2 Å². The molecule has 0 aliphatic carbocycles. The smallest absolute Gasteiger partial charge is 0.152 e. The zero-order valence-corrected chi connectivity index (χ0v) is 11.0. The first kappa shape index (κ1) is 14.2. The summed E-state index contributed by atoms with van der Waals surface area (Å²) >= 11 is 0. The van der Waals surface area contributed by atoms with Crippen molar-refractivity contribution in [1.82, 2.24) is 0 Å². The van der Waals surface area contributed by atoms with Crippen molar-refractivity contribution in [1.29, 1.82) is 0 Å². The zero-order chi connectivity index (χ0) is 14.9. The third-order valence-corrected chi connectivity index (χ3v) is 3.10. The highest BCUT2D eigenvalue weighted by Gasteiger charge is 2.17. The second kappa shape index (κ2) is 5.45. The van der Waals surface area contributed by atoms with Crippen molar-refractivity contribution in [2.45, 2.75) is 19.9 Å². The van der Waals surface area contributed by atoms with Gasteiger partial charge in [-0.05, 0) is 31.5 Å². The van der Waals surface area contributed by atoms with Gasteiger partial charge in [0, 0.05) is 11.6 Å². The molecule has 0 saturated carbocycles. The Morgan fingerprint density at radius 1 is 1.05 bits per heavy atom. The summed E-state index contributed by atoms with van der Waals surface area (Å²) in [5.41, 5.74) is 0.223. The van der Waals surface area contributed by atoms with E-state index in [0.717, 1.165) is 12.1 Å². The number of rotatable bonds is 3. The maximum Gasteiger partial charge on any atom is 0.152 e. The molecule has 5 heteroatoms. The summed E-state index contributed by atoms with van der Waals surface area (Å²) in [7, 11) is 0. The van der Waals surface area contributed by atoms with Crippen LogP contribution < -0.4 is 5.32 Å². The summed E-state index contributed by atoms with van der Waals surface area (Å²) in [5.74, 6) is -2.28. The standard InChI is InChI=1S/C15H14F3NO/c1-8-3-6-12(16)15(14(8)18)19-9(2)11-5-4-10(20)7-13(11)17/h3-7,9,19-20H,1-2H3. The van der Waals surface area contributed by atoms with E-state index in [1.54, 1.807) is 6.92 Å². The molecule has 0 fully saturated rings. The Morgan fingerprint density at radius 3 is 2.40 bits per heavy atom. The Labute approximate surface area is 114 Å². The number of anilines is 1. The zero-order valence-electron chi connectivity index (χ0n) is 11.0. The van der Waals surface area contributed by atoms with Crippen molar-refractivity contribution in [2.75, 3.05) is 5.32 Å². The SMILES string of the molecule is Cc1ccc(F)c(NC(C)c2ccc(O)cc2F)c1F. The van der Waals surface area contributed by atoms with E-state index in [0.29, 0.717) is 5.56 Å². The number of halogens is 3. The average molecular weight is 281 g/mol. The number of nitrogens with one attached hydrogen (secondary N) is 1. The fourth-order valence-corrected chi connectivity index (χ4v) is 1.95. The number of hydrogen-bond acceptors (Lipinski definition) is 2. The topological polar surface area (TPSA) is 32.3 Å². The van der Waals surface area contributed by atoms with Crippen molar-refractivity contribution in [2.24, 2.45) is 0 Å². The lowest BCUT2D eigenvalue weighted by atomic mass is 10.1. The van der Waals surface area contributed by atoms with Crippen LogP contribution in [0.25, 0.3) is 0 Å². The number of hydrogen-bond donors (Lipinski definition) is 2. The molecule has 106 valence electrons. The van der Waals surface area contributed by atoms with Crippen LogP contribution in [0.15, 0.2) is 30.3 Å². The molecular weight excluding hydrogens is 267 g/mol. The third-order valence-electron chi connectivity index (χ3n) is 3.10. The molecule has 0 bridgehead atoms. The maximum absolute atomic E-state index is 13.9. The Balaban J connectivity index is 2.32. The summed E-state index contributed by atoms with van der Waals surface area (Å²) in [5, 5.41) is 11.8. The summed E-state index contributed by atoms with van der Waals surface area (Å²) in [4.78, 5) is 0. The van der Waals surface area contributed by atoms with Crippen LogP contribution in [-0.2, 0) is 0 Å². The van der Waals surface area contributed by atoms with E-state index in [2.05, 4.69) is 5.32 Å². The van der Waals surface area contributed by atoms with Crippen LogP contribution in [0.5, 0.6) is 5.75 Å². The fourth-order valence-electron chi connectivity index (χ4n) is 1.95. The van der Waals surface area contributed by atoms with Crippen LogP contribution in [0.4, 0.5) is 18.9 Å². The highest BCUT2D eigenvalue weighted by molar-refractivity contribution is 5.50. The quantitative estimate of drug-likeness (QED) is 0.879. The van der Waals surface area contributed by atoms with E-state index >= 15 is 0 Å². The lowest BCUT2D eigenvalue weighted by Crippen LogP contribution is -2.11. The minimum absolute atomic E-state index is 0.202. The van der Waals surface area contributed by atoms with Gasteiger partial charge in [-0.25, -0.2) is 13.2 Å². The van der Waals surface area contributed by atoms with Gasteiger partial charge in [0.25, 0.3) is 0 Å². The maximum atomic E-state index is 13.9. The van der Waals surface area contributed by atoms with Gasteiger partial charge in [-0.1, -0.05) is 12.1 Å². The molecule has 0 aromatic heterocycles. The molecule has 0 aliphatic rings. The van der Waals surface area contributed by atoms with Gasteiger partial charge >= 0.3 is 0 Å². The lowest BCUT2D eigenvalue weighted by Gasteiger charge is -2.18. The molecule has 0 radical (unpaired) electrons. The van der Waals surface area contributed by atoms with Crippen molar-refractivity contribution in [3.8, 4) is 5.75 Å². The molecule has 2 nitrogen and oxygen atoms in total. The van der Waals surface area contributed by atoms with Crippen LogP contribution in [0, 0.1) is 24.4 Å². The van der Waals surface area contributed by atoms with Gasteiger partial charge in [-0.3, -0.25) is 0 Å². The lowest BCUT2D eigenvalue weighted by molar-refractivity contribution is 0.467. The predicted octanol–water partition coefficient (Wildman–Crippen LogP) is 4.29. The molecule has 1 atom stereocenters. The van der Waals surface area contributed by atoms with E-state index in [1.807, 2.05) is 0 Å². The van der Waals surface area contributed by atoms with Gasteiger partial charge in [0.15, 0.2) is 5.82 Å². The molecule has 2 aromatic carbocycles. The Kier molecular flexibility index (Phi) is 3.88. The average Bonchev–Trinajstić information content (AvgIpc) is 2.39. The molecular formula is C15H14F3NO. The molecule has 2 N–H and O–H groups in total. The van der Waals surface area contributed by atoms with Gasteiger partial charge in [-0.15, -0.1) is 0 Å². The first-order valence-corrected chi connectivity index (χ1v) is 6.09. The highest BCUT2D eigenvalue weighted by Crippen LogP contribution is 2.28. The number of benzene rings is 2. The highest BCUT2D eigenvalue weighted by atomic mass is 19.1. The van der Waals surface area contributed by atoms with Crippen molar-refractivity contribution in [3.63, 3.8) is 0 Å². The van der Waals surface area contributed by atoms with E-state index in [-0.39, 0.29) is 17.0 Å². The normalized spacial score (nSPS) is 12.2. The van der Waals surface area contributed by atoms with Crippen molar-refractivity contribution >= 4 is 5.69 Å². The number of phenols is 1. The molecule has 0 amide bonds. The van der Waals surface area contributed by atoms with Crippen molar-refractivity contribution in [3.05, 3.63) is 58.9 Å². The van der Waals surface area contributed by atoms with Crippen LogP contribution in [0.2, 0.25) is 0 Å². The van der Waals surface area contributed by atoms with Gasteiger partial charge < -0.3 is 10.4 Å². The summed E-state index contributed by atoms with van der Waals surface area (Å²) < 4.78 is 41.2.